The molecule has 21 heavy (non-hydrogen) atoms. The fraction of sp³-hybridized carbons (Fsp3) is 0.400. The number of carbonyl (C=O) groups excluding carboxylic acids is 1. The number of hydrogen-bond acceptors (Lipinski definition) is 5. The summed E-state index contributed by atoms with van der Waals surface area (Å²) >= 11 is 0. The second kappa shape index (κ2) is 5.54. The molecule has 1 aliphatic rings. The zero-order valence-electron chi connectivity index (χ0n) is 12.6. The van der Waals surface area contributed by atoms with Gasteiger partial charge in [-0.3, -0.25) is 4.79 Å². The molecule has 0 amide bonds. The van der Waals surface area contributed by atoms with Crippen molar-refractivity contribution < 1.29 is 24.3 Å². The summed E-state index contributed by atoms with van der Waals surface area (Å²) in [6, 6.07) is 5.23. The summed E-state index contributed by atoms with van der Waals surface area (Å²) in [5, 5.41) is 19.0. The van der Waals surface area contributed by atoms with Crippen molar-refractivity contribution in [3.63, 3.8) is 0 Å². The third-order valence-electron chi connectivity index (χ3n) is 3.20. The lowest BCUT2D eigenvalue weighted by Gasteiger charge is -2.24. The van der Waals surface area contributed by atoms with E-state index >= 15 is 0 Å². The van der Waals surface area contributed by atoms with Crippen LogP contribution in [-0.2, 0) is 9.53 Å². The second-order valence-corrected chi connectivity index (χ2v) is 5.98. The molecule has 0 saturated heterocycles. The molecule has 0 spiro atoms. The van der Waals surface area contributed by atoms with Crippen LogP contribution in [0.3, 0.4) is 0 Å². The first-order valence-electron chi connectivity index (χ1n) is 6.71. The maximum Gasteiger partial charge on any atom is 0.485 e. The van der Waals surface area contributed by atoms with Crippen LogP contribution in [0.1, 0.15) is 37.8 Å². The molecule has 0 aromatic heterocycles. The highest BCUT2D eigenvalue weighted by Crippen LogP contribution is 2.39. The van der Waals surface area contributed by atoms with Gasteiger partial charge >= 0.3 is 13.1 Å². The van der Waals surface area contributed by atoms with Gasteiger partial charge in [-0.2, -0.15) is 0 Å². The topological polar surface area (TPSA) is 76.0 Å². The highest BCUT2D eigenvalue weighted by molar-refractivity contribution is 6.53. The fourth-order valence-corrected chi connectivity index (χ4v) is 2.36. The minimum absolute atomic E-state index is 0.215. The second-order valence-electron chi connectivity index (χ2n) is 5.98. The molecule has 112 valence electrons. The number of fused-ring (bicyclic) bond motifs is 1. The van der Waals surface area contributed by atoms with Crippen molar-refractivity contribution in [2.75, 3.05) is 7.11 Å². The Morgan fingerprint density at radius 2 is 1.95 bits per heavy atom. The molecule has 0 heterocycles. The lowest BCUT2D eigenvalue weighted by atomic mass is 9.72. The van der Waals surface area contributed by atoms with Crippen LogP contribution in [0.4, 0.5) is 0 Å². The van der Waals surface area contributed by atoms with Crippen molar-refractivity contribution in [2.45, 2.75) is 32.3 Å². The standard InChI is InChI=1S/C15H19BO5/c1-15(2,3)21-14(17)13-11-6-5-10(20-4)7-9(11)8-12(13)16(18)19/h5-8,13,18-19H,1-4H3. The summed E-state index contributed by atoms with van der Waals surface area (Å²) in [6.45, 7) is 5.31. The molecule has 1 unspecified atom stereocenters. The number of benzene rings is 1. The zero-order chi connectivity index (χ0) is 15.8. The highest BCUT2D eigenvalue weighted by Gasteiger charge is 2.39. The van der Waals surface area contributed by atoms with E-state index in [1.165, 1.54) is 0 Å². The van der Waals surface area contributed by atoms with Gasteiger partial charge in [-0.05, 0) is 49.5 Å². The summed E-state index contributed by atoms with van der Waals surface area (Å²) in [5.41, 5.74) is 0.992. The Balaban J connectivity index is 2.41. The van der Waals surface area contributed by atoms with Crippen LogP contribution in [0.2, 0.25) is 0 Å². The predicted molar refractivity (Wildman–Crippen MR) is 79.7 cm³/mol. The van der Waals surface area contributed by atoms with E-state index in [0.717, 1.165) is 5.56 Å². The fourth-order valence-electron chi connectivity index (χ4n) is 2.36. The number of methoxy groups -OCH3 is 1. The Kier molecular flexibility index (Phi) is 4.12. The van der Waals surface area contributed by atoms with Crippen molar-refractivity contribution in [1.82, 2.24) is 0 Å². The summed E-state index contributed by atoms with van der Waals surface area (Å²) < 4.78 is 10.5. The van der Waals surface area contributed by atoms with Crippen molar-refractivity contribution in [2.24, 2.45) is 0 Å². The summed E-state index contributed by atoms with van der Waals surface area (Å²) in [6.07, 6.45) is 1.59. The molecule has 1 aliphatic carbocycles. The van der Waals surface area contributed by atoms with E-state index in [2.05, 4.69) is 0 Å². The van der Waals surface area contributed by atoms with Gasteiger partial charge in [-0.25, -0.2) is 0 Å². The molecule has 1 aromatic carbocycles. The van der Waals surface area contributed by atoms with Gasteiger partial charge in [0.25, 0.3) is 0 Å². The van der Waals surface area contributed by atoms with Crippen molar-refractivity contribution in [3.8, 4) is 5.75 Å². The first-order valence-corrected chi connectivity index (χ1v) is 6.71. The maximum atomic E-state index is 12.4. The molecule has 1 atom stereocenters. The minimum atomic E-state index is -1.71. The third kappa shape index (κ3) is 3.28. The molecular formula is C15H19BO5. The molecule has 0 radical (unpaired) electrons. The van der Waals surface area contributed by atoms with E-state index in [1.54, 1.807) is 52.2 Å². The van der Waals surface area contributed by atoms with E-state index in [0.29, 0.717) is 11.3 Å². The molecule has 1 aromatic rings. The van der Waals surface area contributed by atoms with E-state index < -0.39 is 24.6 Å². The molecule has 0 aliphatic heterocycles. The van der Waals surface area contributed by atoms with Gasteiger partial charge in [-0.1, -0.05) is 12.1 Å². The summed E-state index contributed by atoms with van der Waals surface area (Å²) in [5.74, 6) is -0.655. The minimum Gasteiger partial charge on any atom is -0.497 e. The summed E-state index contributed by atoms with van der Waals surface area (Å²) in [4.78, 5) is 12.4. The highest BCUT2D eigenvalue weighted by atomic mass is 16.6. The lowest BCUT2D eigenvalue weighted by Crippen LogP contribution is -2.31. The molecule has 5 nitrogen and oxygen atoms in total. The molecule has 2 rings (SSSR count). The van der Waals surface area contributed by atoms with Crippen molar-refractivity contribution >= 4 is 19.2 Å². The average molecular weight is 290 g/mol. The number of hydrogen-bond donors (Lipinski definition) is 2. The van der Waals surface area contributed by atoms with E-state index in [9.17, 15) is 14.8 Å². The van der Waals surface area contributed by atoms with Crippen LogP contribution >= 0.6 is 0 Å². The molecule has 0 bridgehead atoms. The molecular weight excluding hydrogens is 271 g/mol. The first kappa shape index (κ1) is 15.6. The largest absolute Gasteiger partial charge is 0.497 e. The van der Waals surface area contributed by atoms with Gasteiger partial charge in [-0.15, -0.1) is 0 Å². The molecule has 2 N–H and O–H groups in total. The Hall–Kier alpha value is -1.79. The smallest absolute Gasteiger partial charge is 0.485 e. The Bertz CT molecular complexity index is 586. The van der Waals surface area contributed by atoms with Crippen LogP contribution in [0.25, 0.3) is 6.08 Å². The van der Waals surface area contributed by atoms with Crippen LogP contribution in [0, 0.1) is 0 Å². The molecule has 0 saturated carbocycles. The number of esters is 1. The van der Waals surface area contributed by atoms with Gasteiger partial charge in [0, 0.05) is 0 Å². The lowest BCUT2D eigenvalue weighted by molar-refractivity contribution is -0.155. The van der Waals surface area contributed by atoms with Gasteiger partial charge in [0.05, 0.1) is 7.11 Å². The Labute approximate surface area is 124 Å². The van der Waals surface area contributed by atoms with Crippen LogP contribution in [0.15, 0.2) is 23.7 Å². The molecule has 0 fully saturated rings. The zero-order valence-corrected chi connectivity index (χ0v) is 12.6. The van der Waals surface area contributed by atoms with Crippen LogP contribution in [0.5, 0.6) is 5.75 Å². The number of rotatable bonds is 3. The van der Waals surface area contributed by atoms with E-state index in [-0.39, 0.29) is 5.47 Å². The van der Waals surface area contributed by atoms with Gasteiger partial charge < -0.3 is 19.5 Å². The van der Waals surface area contributed by atoms with Crippen LogP contribution < -0.4 is 4.74 Å². The average Bonchev–Trinajstić information content (AvgIpc) is 2.74. The normalized spacial score (nSPS) is 17.0. The van der Waals surface area contributed by atoms with Crippen LogP contribution in [-0.4, -0.2) is 35.8 Å². The number of ether oxygens (including phenoxy) is 2. The number of carbonyl (C=O) groups is 1. The summed E-state index contributed by atoms with van der Waals surface area (Å²) in [7, 11) is -0.158. The molecule has 6 heteroatoms. The van der Waals surface area contributed by atoms with Gasteiger partial charge in [0.15, 0.2) is 0 Å². The SMILES string of the molecule is COc1ccc2c(c1)C=C(B(O)O)C2C(=O)OC(C)(C)C. The quantitative estimate of drug-likeness (QED) is 0.652. The van der Waals surface area contributed by atoms with E-state index in [4.69, 9.17) is 9.47 Å². The predicted octanol–water partition coefficient (Wildman–Crippen LogP) is 1.53. The van der Waals surface area contributed by atoms with Gasteiger partial charge in [0.2, 0.25) is 0 Å². The van der Waals surface area contributed by atoms with Gasteiger partial charge in [0.1, 0.15) is 17.3 Å². The maximum absolute atomic E-state index is 12.4. The monoisotopic (exact) mass is 290 g/mol. The third-order valence-corrected chi connectivity index (χ3v) is 3.20. The van der Waals surface area contributed by atoms with Crippen molar-refractivity contribution in [3.05, 3.63) is 34.8 Å². The van der Waals surface area contributed by atoms with Crippen molar-refractivity contribution in [1.29, 1.82) is 0 Å². The Morgan fingerprint density at radius 1 is 1.29 bits per heavy atom. The Morgan fingerprint density at radius 3 is 2.48 bits per heavy atom. The van der Waals surface area contributed by atoms with E-state index in [1.807, 2.05) is 0 Å². The first-order chi connectivity index (χ1) is 9.73.